The van der Waals surface area contributed by atoms with Crippen molar-refractivity contribution >= 4 is 21.6 Å². The van der Waals surface area contributed by atoms with Crippen LogP contribution in [0.15, 0.2) is 71.6 Å². The van der Waals surface area contributed by atoms with E-state index >= 15 is 0 Å². The highest BCUT2D eigenvalue weighted by molar-refractivity contribution is 7.92. The number of amides is 1. The van der Waals surface area contributed by atoms with Crippen LogP contribution in [0.25, 0.3) is 0 Å². The fraction of sp³-hybridized carbons (Fsp3) is 0.208. The second-order valence-electron chi connectivity index (χ2n) is 7.27. The van der Waals surface area contributed by atoms with E-state index in [2.05, 4.69) is 10.0 Å². The Labute approximate surface area is 183 Å². The van der Waals surface area contributed by atoms with E-state index in [9.17, 15) is 13.2 Å². The predicted octanol–water partition coefficient (Wildman–Crippen LogP) is 4.60. The van der Waals surface area contributed by atoms with Crippen molar-refractivity contribution < 1.29 is 17.9 Å². The Morgan fingerprint density at radius 3 is 2.23 bits per heavy atom. The van der Waals surface area contributed by atoms with Gasteiger partial charge in [-0.2, -0.15) is 0 Å². The number of ether oxygens (including phenoxy) is 1. The lowest BCUT2D eigenvalue weighted by Gasteiger charge is -2.18. The summed E-state index contributed by atoms with van der Waals surface area (Å²) < 4.78 is 34.1. The average molecular weight is 439 g/mol. The van der Waals surface area contributed by atoms with Gasteiger partial charge in [0.2, 0.25) is 0 Å². The number of carbonyl (C=O) groups is 1. The summed E-state index contributed by atoms with van der Waals surface area (Å²) in [6.07, 6.45) is 0. The molecule has 0 radical (unpaired) electrons. The quantitative estimate of drug-likeness (QED) is 0.564. The van der Waals surface area contributed by atoms with Crippen LogP contribution in [0.5, 0.6) is 5.75 Å². The molecule has 1 amide bonds. The molecule has 0 saturated carbocycles. The van der Waals surface area contributed by atoms with Crippen LogP contribution in [0.2, 0.25) is 0 Å². The summed E-state index contributed by atoms with van der Waals surface area (Å²) in [5.74, 6) is 0.253. The summed E-state index contributed by atoms with van der Waals surface area (Å²) in [4.78, 5) is 13.1. The molecule has 7 heteroatoms. The van der Waals surface area contributed by atoms with E-state index in [1.54, 1.807) is 51.3 Å². The van der Waals surface area contributed by atoms with Crippen LogP contribution in [0.4, 0.5) is 5.69 Å². The van der Waals surface area contributed by atoms with Crippen molar-refractivity contribution in [3.05, 3.63) is 89.0 Å². The molecule has 3 rings (SSSR count). The van der Waals surface area contributed by atoms with E-state index in [0.717, 1.165) is 11.1 Å². The molecule has 2 N–H and O–H groups in total. The minimum atomic E-state index is -3.91. The third kappa shape index (κ3) is 4.88. The van der Waals surface area contributed by atoms with E-state index in [1.807, 2.05) is 37.3 Å². The van der Waals surface area contributed by atoms with Crippen LogP contribution in [0, 0.1) is 13.8 Å². The highest BCUT2D eigenvalue weighted by Crippen LogP contribution is 2.29. The summed E-state index contributed by atoms with van der Waals surface area (Å²) >= 11 is 0. The van der Waals surface area contributed by atoms with E-state index in [4.69, 9.17) is 4.74 Å². The van der Waals surface area contributed by atoms with E-state index in [1.165, 1.54) is 6.07 Å². The fourth-order valence-electron chi connectivity index (χ4n) is 3.35. The standard InChI is InChI=1S/C24H26N2O4S/c1-16-17(2)23(15-14-22(16)30-4)31(28,29)26-21-13-9-8-12-20(21)24(27)25-18(3)19-10-6-5-7-11-19/h5-15,18,26H,1-4H3,(H,25,27)/t18-/m1/s1. The molecule has 0 fully saturated rings. The van der Waals surface area contributed by atoms with Crippen LogP contribution in [0.3, 0.4) is 0 Å². The number of nitrogens with one attached hydrogen (secondary N) is 2. The molecule has 3 aromatic rings. The van der Waals surface area contributed by atoms with Gasteiger partial charge in [0.1, 0.15) is 5.75 Å². The van der Waals surface area contributed by atoms with Crippen LogP contribution in [0.1, 0.15) is 40.0 Å². The number of hydrogen-bond donors (Lipinski definition) is 2. The van der Waals surface area contributed by atoms with E-state index < -0.39 is 10.0 Å². The monoisotopic (exact) mass is 438 g/mol. The topological polar surface area (TPSA) is 84.5 Å². The molecule has 162 valence electrons. The molecule has 0 bridgehead atoms. The summed E-state index contributed by atoms with van der Waals surface area (Å²) in [6.45, 7) is 5.41. The molecule has 0 saturated heterocycles. The third-order valence-corrected chi connectivity index (χ3v) is 6.77. The predicted molar refractivity (Wildman–Crippen MR) is 122 cm³/mol. The van der Waals surface area contributed by atoms with Crippen LogP contribution >= 0.6 is 0 Å². The Morgan fingerprint density at radius 2 is 1.55 bits per heavy atom. The summed E-state index contributed by atoms with van der Waals surface area (Å²) in [5.41, 5.74) is 2.75. The Hall–Kier alpha value is -3.32. The number of rotatable bonds is 7. The zero-order valence-corrected chi connectivity index (χ0v) is 18.8. The second-order valence-corrected chi connectivity index (χ2v) is 8.92. The van der Waals surface area contributed by atoms with Gasteiger partial charge in [0.15, 0.2) is 0 Å². The van der Waals surface area contributed by atoms with Gasteiger partial charge in [-0.3, -0.25) is 9.52 Å². The van der Waals surface area contributed by atoms with Gasteiger partial charge in [0, 0.05) is 0 Å². The minimum Gasteiger partial charge on any atom is -0.496 e. The number of para-hydroxylation sites is 1. The maximum atomic E-state index is 13.1. The van der Waals surface area contributed by atoms with Gasteiger partial charge in [0.05, 0.1) is 29.3 Å². The highest BCUT2D eigenvalue weighted by Gasteiger charge is 2.22. The largest absolute Gasteiger partial charge is 0.496 e. The number of sulfonamides is 1. The van der Waals surface area contributed by atoms with Crippen molar-refractivity contribution in [2.75, 3.05) is 11.8 Å². The van der Waals surface area contributed by atoms with Crippen molar-refractivity contribution in [3.8, 4) is 5.75 Å². The highest BCUT2D eigenvalue weighted by atomic mass is 32.2. The lowest BCUT2D eigenvalue weighted by atomic mass is 10.1. The first-order valence-electron chi connectivity index (χ1n) is 9.86. The van der Waals surface area contributed by atoms with Gasteiger partial charge in [-0.15, -0.1) is 0 Å². The minimum absolute atomic E-state index is 0.138. The van der Waals surface area contributed by atoms with Crippen molar-refractivity contribution in [2.24, 2.45) is 0 Å². The van der Waals surface area contributed by atoms with Gasteiger partial charge < -0.3 is 10.1 Å². The summed E-state index contributed by atoms with van der Waals surface area (Å²) in [6, 6.07) is 19.0. The SMILES string of the molecule is COc1ccc(S(=O)(=O)Nc2ccccc2C(=O)N[C@H](C)c2ccccc2)c(C)c1C. The molecule has 0 aliphatic rings. The van der Waals surface area contributed by atoms with Crippen LogP contribution in [-0.2, 0) is 10.0 Å². The fourth-order valence-corrected chi connectivity index (χ4v) is 4.73. The maximum absolute atomic E-state index is 13.1. The number of carbonyl (C=O) groups excluding carboxylic acids is 1. The molecule has 0 aliphatic carbocycles. The molecule has 1 atom stereocenters. The van der Waals surface area contributed by atoms with Crippen LogP contribution in [-0.4, -0.2) is 21.4 Å². The first-order valence-corrected chi connectivity index (χ1v) is 11.3. The molecule has 0 spiro atoms. The van der Waals surface area contributed by atoms with Gasteiger partial charge in [-0.1, -0.05) is 42.5 Å². The smallest absolute Gasteiger partial charge is 0.262 e. The molecule has 6 nitrogen and oxygen atoms in total. The third-order valence-electron chi connectivity index (χ3n) is 5.26. The van der Waals surface area contributed by atoms with Crippen LogP contribution < -0.4 is 14.8 Å². The Balaban J connectivity index is 1.88. The Morgan fingerprint density at radius 1 is 0.903 bits per heavy atom. The van der Waals surface area contributed by atoms with Crippen molar-refractivity contribution in [1.29, 1.82) is 0 Å². The zero-order chi connectivity index (χ0) is 22.6. The second kappa shape index (κ2) is 9.22. The molecule has 0 unspecified atom stereocenters. The van der Waals surface area contributed by atoms with Crippen molar-refractivity contribution in [1.82, 2.24) is 5.32 Å². The summed E-state index contributed by atoms with van der Waals surface area (Å²) in [7, 11) is -2.37. The molecular weight excluding hydrogens is 412 g/mol. The van der Waals surface area contributed by atoms with Gasteiger partial charge in [-0.25, -0.2) is 8.42 Å². The van der Waals surface area contributed by atoms with Crippen molar-refractivity contribution in [2.45, 2.75) is 31.7 Å². The lowest BCUT2D eigenvalue weighted by Crippen LogP contribution is -2.28. The number of hydrogen-bond acceptors (Lipinski definition) is 4. The maximum Gasteiger partial charge on any atom is 0.262 e. The number of methoxy groups -OCH3 is 1. The zero-order valence-electron chi connectivity index (χ0n) is 18.0. The molecule has 3 aromatic carbocycles. The number of anilines is 1. The van der Waals surface area contributed by atoms with Gasteiger partial charge >= 0.3 is 0 Å². The molecule has 31 heavy (non-hydrogen) atoms. The van der Waals surface area contributed by atoms with Crippen molar-refractivity contribution in [3.63, 3.8) is 0 Å². The molecule has 0 aromatic heterocycles. The van der Waals surface area contributed by atoms with E-state index in [-0.39, 0.29) is 28.1 Å². The van der Waals surface area contributed by atoms with Gasteiger partial charge in [-0.05, 0) is 61.7 Å². The Kier molecular flexibility index (Phi) is 6.65. The van der Waals surface area contributed by atoms with E-state index in [0.29, 0.717) is 11.3 Å². The normalized spacial score (nSPS) is 12.1. The molecular formula is C24H26N2O4S. The average Bonchev–Trinajstić information content (AvgIpc) is 2.76. The van der Waals surface area contributed by atoms with Gasteiger partial charge in [0.25, 0.3) is 15.9 Å². The number of benzene rings is 3. The summed E-state index contributed by atoms with van der Waals surface area (Å²) in [5, 5.41) is 2.92. The first-order chi connectivity index (χ1) is 14.7. The lowest BCUT2D eigenvalue weighted by molar-refractivity contribution is 0.0941. The molecule has 0 aliphatic heterocycles. The molecule has 0 heterocycles. The Bertz CT molecular complexity index is 1190. The first kappa shape index (κ1) is 22.4.